The molecule has 2 N–H and O–H groups in total. The van der Waals surface area contributed by atoms with Gasteiger partial charge in [-0.05, 0) is 43.1 Å². The Morgan fingerprint density at radius 1 is 1.08 bits per heavy atom. The SMILES string of the molecule is NCCCn1c(CCc2ccccc2)nc2cc(Cl)ccc2c1=O. The topological polar surface area (TPSA) is 60.9 Å². The van der Waals surface area contributed by atoms with Crippen LogP contribution in [0, 0.1) is 0 Å². The fourth-order valence-corrected chi connectivity index (χ4v) is 2.98. The molecule has 0 fully saturated rings. The summed E-state index contributed by atoms with van der Waals surface area (Å²) in [5, 5.41) is 1.18. The Bertz CT molecular complexity index is 890. The minimum atomic E-state index is -0.0202. The van der Waals surface area contributed by atoms with Gasteiger partial charge in [0.2, 0.25) is 0 Å². The van der Waals surface area contributed by atoms with Gasteiger partial charge in [0.05, 0.1) is 10.9 Å². The average Bonchev–Trinajstić information content (AvgIpc) is 2.60. The molecular weight excluding hydrogens is 322 g/mol. The minimum Gasteiger partial charge on any atom is -0.330 e. The van der Waals surface area contributed by atoms with E-state index in [1.807, 2.05) is 18.2 Å². The summed E-state index contributed by atoms with van der Waals surface area (Å²) in [5.74, 6) is 0.784. The van der Waals surface area contributed by atoms with Crippen molar-refractivity contribution in [1.29, 1.82) is 0 Å². The summed E-state index contributed by atoms with van der Waals surface area (Å²) in [6.07, 6.45) is 2.28. The molecule has 0 unspecified atom stereocenters. The number of nitrogens with zero attached hydrogens (tertiary/aromatic N) is 2. The highest BCUT2D eigenvalue weighted by Crippen LogP contribution is 2.16. The zero-order valence-corrected chi connectivity index (χ0v) is 14.2. The number of benzene rings is 2. The smallest absolute Gasteiger partial charge is 0.261 e. The third-order valence-corrected chi connectivity index (χ3v) is 4.30. The number of hydrogen-bond acceptors (Lipinski definition) is 3. The van der Waals surface area contributed by atoms with E-state index in [1.54, 1.807) is 22.8 Å². The molecule has 0 bridgehead atoms. The highest BCUT2D eigenvalue weighted by atomic mass is 35.5. The second kappa shape index (κ2) is 7.60. The van der Waals surface area contributed by atoms with Gasteiger partial charge in [-0.2, -0.15) is 0 Å². The molecule has 3 aromatic rings. The average molecular weight is 342 g/mol. The molecular formula is C19H20ClN3O. The third kappa shape index (κ3) is 3.66. The van der Waals surface area contributed by atoms with Gasteiger partial charge in [0.25, 0.3) is 5.56 Å². The minimum absolute atomic E-state index is 0.0202. The quantitative estimate of drug-likeness (QED) is 0.749. The van der Waals surface area contributed by atoms with Crippen molar-refractivity contribution in [3.05, 3.63) is 75.3 Å². The third-order valence-electron chi connectivity index (χ3n) is 4.06. The van der Waals surface area contributed by atoms with Crippen molar-refractivity contribution in [2.24, 2.45) is 5.73 Å². The molecule has 0 amide bonds. The van der Waals surface area contributed by atoms with Crippen molar-refractivity contribution in [2.75, 3.05) is 6.54 Å². The zero-order chi connectivity index (χ0) is 16.9. The van der Waals surface area contributed by atoms with E-state index >= 15 is 0 Å². The van der Waals surface area contributed by atoms with Crippen molar-refractivity contribution in [2.45, 2.75) is 25.8 Å². The van der Waals surface area contributed by atoms with Crippen LogP contribution in [0.3, 0.4) is 0 Å². The Balaban J connectivity index is 2.01. The number of halogens is 1. The molecule has 0 aliphatic rings. The molecule has 124 valence electrons. The molecule has 3 rings (SSSR count). The van der Waals surface area contributed by atoms with Crippen molar-refractivity contribution < 1.29 is 0 Å². The van der Waals surface area contributed by atoms with Crippen LogP contribution in [0.5, 0.6) is 0 Å². The van der Waals surface area contributed by atoms with Crippen molar-refractivity contribution in [3.8, 4) is 0 Å². The molecule has 0 saturated heterocycles. The summed E-state index contributed by atoms with van der Waals surface area (Å²) in [7, 11) is 0. The standard InChI is InChI=1S/C19H20ClN3O/c20-15-8-9-16-17(13-15)22-18(23(19(16)24)12-4-11-21)10-7-14-5-2-1-3-6-14/h1-3,5-6,8-9,13H,4,7,10-12,21H2. The van der Waals surface area contributed by atoms with E-state index in [9.17, 15) is 4.79 Å². The molecule has 5 heteroatoms. The van der Waals surface area contributed by atoms with E-state index < -0.39 is 0 Å². The van der Waals surface area contributed by atoms with Crippen molar-refractivity contribution >= 4 is 22.5 Å². The molecule has 0 spiro atoms. The lowest BCUT2D eigenvalue weighted by Gasteiger charge is -2.13. The van der Waals surface area contributed by atoms with E-state index in [0.717, 1.165) is 18.7 Å². The first-order valence-electron chi connectivity index (χ1n) is 8.12. The first kappa shape index (κ1) is 16.7. The molecule has 1 heterocycles. The number of aromatic nitrogens is 2. The van der Waals surface area contributed by atoms with Gasteiger partial charge in [-0.15, -0.1) is 0 Å². The normalized spacial score (nSPS) is 11.1. The predicted octanol–water partition coefficient (Wildman–Crippen LogP) is 3.18. The molecule has 4 nitrogen and oxygen atoms in total. The van der Waals surface area contributed by atoms with Crippen LogP contribution in [0.2, 0.25) is 5.02 Å². The summed E-state index contributed by atoms with van der Waals surface area (Å²) < 4.78 is 1.76. The molecule has 24 heavy (non-hydrogen) atoms. The summed E-state index contributed by atoms with van der Waals surface area (Å²) in [4.78, 5) is 17.5. The van der Waals surface area contributed by atoms with Crippen molar-refractivity contribution in [3.63, 3.8) is 0 Å². The largest absolute Gasteiger partial charge is 0.330 e. The predicted molar refractivity (Wildman–Crippen MR) is 98.5 cm³/mol. The summed E-state index contributed by atoms with van der Waals surface area (Å²) in [5.41, 5.74) is 7.48. The molecule has 0 radical (unpaired) electrons. The molecule has 0 aliphatic heterocycles. The second-order valence-corrected chi connectivity index (χ2v) is 6.21. The van der Waals surface area contributed by atoms with E-state index in [2.05, 4.69) is 12.1 Å². The Kier molecular flexibility index (Phi) is 5.28. The fourth-order valence-electron chi connectivity index (χ4n) is 2.81. The highest BCUT2D eigenvalue weighted by Gasteiger charge is 2.11. The van der Waals surface area contributed by atoms with Gasteiger partial charge in [0.15, 0.2) is 0 Å². The zero-order valence-electron chi connectivity index (χ0n) is 13.4. The van der Waals surface area contributed by atoms with Gasteiger partial charge >= 0.3 is 0 Å². The fraction of sp³-hybridized carbons (Fsp3) is 0.263. The second-order valence-electron chi connectivity index (χ2n) is 5.77. The number of nitrogens with two attached hydrogens (primary N) is 1. The molecule has 0 saturated carbocycles. The van der Waals surface area contributed by atoms with Crippen molar-refractivity contribution in [1.82, 2.24) is 9.55 Å². The number of aryl methyl sites for hydroxylation is 2. The maximum Gasteiger partial charge on any atom is 0.261 e. The first-order chi connectivity index (χ1) is 11.7. The van der Waals surface area contributed by atoms with Crippen LogP contribution in [0.4, 0.5) is 0 Å². The van der Waals surface area contributed by atoms with Gasteiger partial charge in [-0.3, -0.25) is 9.36 Å². The van der Waals surface area contributed by atoms with Crippen LogP contribution >= 0.6 is 11.6 Å². The van der Waals surface area contributed by atoms with Crippen LogP contribution in [0.1, 0.15) is 17.8 Å². The van der Waals surface area contributed by atoms with E-state index in [-0.39, 0.29) is 5.56 Å². The molecule has 0 aliphatic carbocycles. The molecule has 1 aromatic heterocycles. The summed E-state index contributed by atoms with van der Waals surface area (Å²) in [6, 6.07) is 15.4. The lowest BCUT2D eigenvalue weighted by atomic mass is 10.1. The van der Waals surface area contributed by atoms with Gasteiger partial charge < -0.3 is 5.73 Å². The van der Waals surface area contributed by atoms with Crippen LogP contribution in [-0.2, 0) is 19.4 Å². The van der Waals surface area contributed by atoms with Crippen LogP contribution < -0.4 is 11.3 Å². The first-order valence-corrected chi connectivity index (χ1v) is 8.50. The number of rotatable bonds is 6. The lowest BCUT2D eigenvalue weighted by Crippen LogP contribution is -2.27. The maximum absolute atomic E-state index is 12.8. The number of hydrogen-bond donors (Lipinski definition) is 1. The van der Waals surface area contributed by atoms with E-state index in [0.29, 0.717) is 35.4 Å². The van der Waals surface area contributed by atoms with E-state index in [1.165, 1.54) is 5.56 Å². The Morgan fingerprint density at radius 3 is 2.62 bits per heavy atom. The van der Waals surface area contributed by atoms with Gasteiger partial charge in [-0.1, -0.05) is 41.9 Å². The van der Waals surface area contributed by atoms with E-state index in [4.69, 9.17) is 22.3 Å². The molecule has 0 atom stereocenters. The highest BCUT2D eigenvalue weighted by molar-refractivity contribution is 6.31. The van der Waals surface area contributed by atoms with Gasteiger partial charge in [-0.25, -0.2) is 4.98 Å². The maximum atomic E-state index is 12.8. The Hall–Kier alpha value is -2.17. The van der Waals surface area contributed by atoms with Crippen LogP contribution in [-0.4, -0.2) is 16.1 Å². The van der Waals surface area contributed by atoms with Gasteiger partial charge in [0, 0.05) is 18.0 Å². The van der Waals surface area contributed by atoms with Crippen LogP contribution in [0.25, 0.3) is 10.9 Å². The summed E-state index contributed by atoms with van der Waals surface area (Å²) in [6.45, 7) is 1.13. The van der Waals surface area contributed by atoms with Gasteiger partial charge in [0.1, 0.15) is 5.82 Å². The lowest BCUT2D eigenvalue weighted by molar-refractivity contribution is 0.586. The van der Waals surface area contributed by atoms with Crippen LogP contribution in [0.15, 0.2) is 53.3 Å². The number of fused-ring (bicyclic) bond motifs is 1. The monoisotopic (exact) mass is 341 g/mol. The Labute approximate surface area is 145 Å². The summed E-state index contributed by atoms with van der Waals surface area (Å²) >= 11 is 6.05. The Morgan fingerprint density at radius 2 is 1.88 bits per heavy atom. The molecule has 2 aromatic carbocycles.